The number of rotatable bonds is 7. The van der Waals surface area contributed by atoms with Crippen molar-refractivity contribution in [3.05, 3.63) is 30.6 Å². The molecule has 1 aromatic heterocycles. The summed E-state index contributed by atoms with van der Waals surface area (Å²) in [5, 5.41) is 7.74. The van der Waals surface area contributed by atoms with Gasteiger partial charge in [-0.05, 0) is 25.8 Å². The monoisotopic (exact) mass is 207 g/mol. The van der Waals surface area contributed by atoms with Gasteiger partial charge in [-0.2, -0.15) is 5.10 Å². The fourth-order valence-electron chi connectivity index (χ4n) is 1.54. The molecule has 3 nitrogen and oxygen atoms in total. The van der Waals surface area contributed by atoms with E-state index in [2.05, 4.69) is 41.6 Å². The van der Waals surface area contributed by atoms with Crippen molar-refractivity contribution in [3.63, 3.8) is 0 Å². The number of nitrogens with zero attached hydrogens (tertiary/aromatic N) is 2. The number of hydrogen-bond donors (Lipinski definition) is 1. The first kappa shape index (κ1) is 12.0. The Morgan fingerprint density at radius 3 is 3.13 bits per heavy atom. The van der Waals surface area contributed by atoms with E-state index in [-0.39, 0.29) is 0 Å². The lowest BCUT2D eigenvalue weighted by atomic mass is 10.2. The van der Waals surface area contributed by atoms with Gasteiger partial charge in [0.2, 0.25) is 0 Å². The van der Waals surface area contributed by atoms with Crippen LogP contribution < -0.4 is 5.32 Å². The van der Waals surface area contributed by atoms with E-state index >= 15 is 0 Å². The molecule has 0 saturated heterocycles. The zero-order valence-electron chi connectivity index (χ0n) is 9.74. The van der Waals surface area contributed by atoms with Gasteiger partial charge in [0, 0.05) is 25.3 Å². The predicted molar refractivity (Wildman–Crippen MR) is 63.6 cm³/mol. The molecule has 1 N–H and O–H groups in total. The van der Waals surface area contributed by atoms with Crippen LogP contribution >= 0.6 is 0 Å². The smallest absolute Gasteiger partial charge is 0.0522 e. The zero-order chi connectivity index (χ0) is 11.1. The second-order valence-electron chi connectivity index (χ2n) is 3.85. The highest BCUT2D eigenvalue weighted by Crippen LogP contribution is 2.01. The van der Waals surface area contributed by atoms with Crippen molar-refractivity contribution in [2.45, 2.75) is 45.8 Å². The summed E-state index contributed by atoms with van der Waals surface area (Å²) in [5.74, 6) is 0. The molecule has 0 aromatic carbocycles. The highest BCUT2D eigenvalue weighted by atomic mass is 15.3. The Bertz CT molecular complexity index is 291. The lowest BCUT2D eigenvalue weighted by Crippen LogP contribution is -2.26. The summed E-state index contributed by atoms with van der Waals surface area (Å²) in [4.78, 5) is 0. The Morgan fingerprint density at radius 1 is 1.67 bits per heavy atom. The van der Waals surface area contributed by atoms with Crippen LogP contribution in [-0.2, 0) is 13.1 Å². The highest BCUT2D eigenvalue weighted by Gasteiger charge is 2.03. The van der Waals surface area contributed by atoms with E-state index in [1.54, 1.807) is 0 Å². The molecule has 0 aliphatic carbocycles. The van der Waals surface area contributed by atoms with Gasteiger partial charge in [-0.3, -0.25) is 4.68 Å². The van der Waals surface area contributed by atoms with Gasteiger partial charge in [0.25, 0.3) is 0 Å². The third-order valence-corrected chi connectivity index (χ3v) is 2.39. The Labute approximate surface area is 92.2 Å². The van der Waals surface area contributed by atoms with Gasteiger partial charge in [-0.1, -0.05) is 13.0 Å². The van der Waals surface area contributed by atoms with Crippen LogP contribution in [0.1, 0.15) is 32.4 Å². The molecule has 0 fully saturated rings. The lowest BCUT2D eigenvalue weighted by molar-refractivity contribution is 0.508. The summed E-state index contributed by atoms with van der Waals surface area (Å²) < 4.78 is 2.06. The van der Waals surface area contributed by atoms with Crippen LogP contribution in [0.5, 0.6) is 0 Å². The Balaban J connectivity index is 2.42. The molecule has 0 saturated carbocycles. The second-order valence-corrected chi connectivity index (χ2v) is 3.85. The summed E-state index contributed by atoms with van der Waals surface area (Å²) in [6, 6.07) is 2.55. The molecule has 84 valence electrons. The molecule has 15 heavy (non-hydrogen) atoms. The molecule has 1 heterocycles. The average molecular weight is 207 g/mol. The average Bonchev–Trinajstić information content (AvgIpc) is 2.64. The summed E-state index contributed by atoms with van der Waals surface area (Å²) >= 11 is 0. The minimum absolute atomic E-state index is 0.479. The molecule has 0 bridgehead atoms. The van der Waals surface area contributed by atoms with Crippen molar-refractivity contribution < 1.29 is 0 Å². The van der Waals surface area contributed by atoms with Crippen molar-refractivity contribution in [2.75, 3.05) is 0 Å². The third kappa shape index (κ3) is 3.88. The van der Waals surface area contributed by atoms with Crippen LogP contribution in [-0.4, -0.2) is 15.8 Å². The summed E-state index contributed by atoms with van der Waals surface area (Å²) in [6.07, 6.45) is 5.94. The van der Waals surface area contributed by atoms with Crippen LogP contribution in [0.3, 0.4) is 0 Å². The Morgan fingerprint density at radius 2 is 2.47 bits per heavy atom. The Kier molecular flexibility index (Phi) is 5.12. The van der Waals surface area contributed by atoms with Crippen LogP contribution in [0.2, 0.25) is 0 Å². The fourth-order valence-corrected chi connectivity index (χ4v) is 1.54. The van der Waals surface area contributed by atoms with Crippen molar-refractivity contribution in [2.24, 2.45) is 0 Å². The minimum atomic E-state index is 0.479. The summed E-state index contributed by atoms with van der Waals surface area (Å²) in [7, 11) is 0. The third-order valence-electron chi connectivity index (χ3n) is 2.39. The lowest BCUT2D eigenvalue weighted by Gasteiger charge is -2.12. The molecule has 1 atom stereocenters. The summed E-state index contributed by atoms with van der Waals surface area (Å²) in [6.45, 7) is 9.95. The maximum Gasteiger partial charge on any atom is 0.0522 e. The van der Waals surface area contributed by atoms with E-state index in [1.807, 2.05) is 12.3 Å². The molecular weight excluding hydrogens is 186 g/mol. The molecule has 1 unspecified atom stereocenters. The van der Waals surface area contributed by atoms with Gasteiger partial charge in [0.1, 0.15) is 0 Å². The molecule has 1 aromatic rings. The standard InChI is InChI=1S/C12H21N3/c1-4-6-11(3)13-10-12-7-8-14-15(12)9-5-2/h4,7-8,11,13H,1,5-6,9-10H2,2-3H3. The quantitative estimate of drug-likeness (QED) is 0.696. The second kappa shape index (κ2) is 6.40. The van der Waals surface area contributed by atoms with Crippen LogP contribution in [0, 0.1) is 0 Å². The van der Waals surface area contributed by atoms with E-state index in [1.165, 1.54) is 5.69 Å². The van der Waals surface area contributed by atoms with Gasteiger partial charge >= 0.3 is 0 Å². The fraction of sp³-hybridized carbons (Fsp3) is 0.583. The van der Waals surface area contributed by atoms with Gasteiger partial charge in [0.05, 0.1) is 5.69 Å². The highest BCUT2D eigenvalue weighted by molar-refractivity contribution is 5.00. The SMILES string of the molecule is C=CCC(C)NCc1ccnn1CCC. The first-order valence-corrected chi connectivity index (χ1v) is 5.63. The van der Waals surface area contributed by atoms with E-state index in [0.29, 0.717) is 6.04 Å². The van der Waals surface area contributed by atoms with Crippen molar-refractivity contribution in [3.8, 4) is 0 Å². The van der Waals surface area contributed by atoms with Crippen molar-refractivity contribution in [1.29, 1.82) is 0 Å². The molecule has 0 radical (unpaired) electrons. The van der Waals surface area contributed by atoms with Gasteiger partial charge in [-0.25, -0.2) is 0 Å². The van der Waals surface area contributed by atoms with E-state index < -0.39 is 0 Å². The molecule has 0 aliphatic rings. The number of aromatic nitrogens is 2. The van der Waals surface area contributed by atoms with Crippen LogP contribution in [0.25, 0.3) is 0 Å². The maximum absolute atomic E-state index is 4.29. The van der Waals surface area contributed by atoms with Crippen molar-refractivity contribution in [1.82, 2.24) is 15.1 Å². The molecular formula is C12H21N3. The topological polar surface area (TPSA) is 29.9 Å². The number of aryl methyl sites for hydroxylation is 1. The van der Waals surface area contributed by atoms with Gasteiger partial charge < -0.3 is 5.32 Å². The van der Waals surface area contributed by atoms with E-state index in [4.69, 9.17) is 0 Å². The van der Waals surface area contributed by atoms with Crippen molar-refractivity contribution >= 4 is 0 Å². The van der Waals surface area contributed by atoms with Gasteiger partial charge in [0.15, 0.2) is 0 Å². The largest absolute Gasteiger partial charge is 0.308 e. The van der Waals surface area contributed by atoms with Crippen LogP contribution in [0.4, 0.5) is 0 Å². The number of hydrogen-bond acceptors (Lipinski definition) is 2. The minimum Gasteiger partial charge on any atom is -0.308 e. The summed E-state index contributed by atoms with van der Waals surface area (Å²) in [5.41, 5.74) is 1.26. The Hall–Kier alpha value is -1.09. The van der Waals surface area contributed by atoms with Gasteiger partial charge in [-0.15, -0.1) is 6.58 Å². The zero-order valence-corrected chi connectivity index (χ0v) is 9.74. The normalized spacial score (nSPS) is 12.7. The van der Waals surface area contributed by atoms with E-state index in [0.717, 1.165) is 25.9 Å². The number of nitrogens with one attached hydrogen (secondary N) is 1. The molecule has 0 aliphatic heterocycles. The predicted octanol–water partition coefficient (Wildman–Crippen LogP) is 2.35. The molecule has 0 spiro atoms. The maximum atomic E-state index is 4.29. The van der Waals surface area contributed by atoms with E-state index in [9.17, 15) is 0 Å². The first-order chi connectivity index (χ1) is 7.27. The molecule has 0 amide bonds. The molecule has 3 heteroatoms. The molecule has 1 rings (SSSR count). The first-order valence-electron chi connectivity index (χ1n) is 5.63. The van der Waals surface area contributed by atoms with Crippen LogP contribution in [0.15, 0.2) is 24.9 Å².